The van der Waals surface area contributed by atoms with Crippen LogP contribution in [0.3, 0.4) is 0 Å². The zero-order valence-electron chi connectivity index (χ0n) is 10.4. The molecule has 80 valence electrons. The lowest BCUT2D eigenvalue weighted by Gasteiger charge is -2.11. The van der Waals surface area contributed by atoms with Gasteiger partial charge in [-0.05, 0) is 74.7 Å². The van der Waals surface area contributed by atoms with Gasteiger partial charge in [0.25, 0.3) is 0 Å². The van der Waals surface area contributed by atoms with Crippen LogP contribution in [0.5, 0.6) is 0 Å². The third kappa shape index (κ3) is 1.33. The van der Waals surface area contributed by atoms with E-state index in [2.05, 4.69) is 41.5 Å². The van der Waals surface area contributed by atoms with Gasteiger partial charge in [0.2, 0.25) is 0 Å². The Bertz CT molecular complexity index is 544. The number of thiophene rings is 1. The van der Waals surface area contributed by atoms with E-state index in [0.717, 1.165) is 0 Å². The van der Waals surface area contributed by atoms with Crippen LogP contribution in [0.25, 0.3) is 10.1 Å². The molecule has 0 aliphatic rings. The Balaban J connectivity index is 3.07. The Hall–Kier alpha value is -0.820. The number of hydrogen-bond acceptors (Lipinski definition) is 1. The second-order valence-corrected chi connectivity index (χ2v) is 5.71. The van der Waals surface area contributed by atoms with Gasteiger partial charge in [-0.1, -0.05) is 0 Å². The van der Waals surface area contributed by atoms with E-state index in [9.17, 15) is 0 Å². The predicted molar refractivity (Wildman–Crippen MR) is 70.2 cm³/mol. The second kappa shape index (κ2) is 3.34. The Morgan fingerprint density at radius 2 is 1.13 bits per heavy atom. The molecule has 1 heterocycles. The van der Waals surface area contributed by atoms with Crippen molar-refractivity contribution >= 4 is 21.4 Å². The molecule has 0 fully saturated rings. The largest absolute Gasteiger partial charge is 0.140 e. The van der Waals surface area contributed by atoms with E-state index in [4.69, 9.17) is 0 Å². The fourth-order valence-electron chi connectivity index (χ4n) is 2.26. The highest BCUT2D eigenvalue weighted by atomic mass is 32.1. The smallest absolute Gasteiger partial charge is 0.0383 e. The van der Waals surface area contributed by atoms with E-state index in [0.29, 0.717) is 0 Å². The molecule has 2 rings (SSSR count). The van der Waals surface area contributed by atoms with E-state index < -0.39 is 0 Å². The molecule has 0 bridgehead atoms. The van der Waals surface area contributed by atoms with Gasteiger partial charge in [0.15, 0.2) is 0 Å². The van der Waals surface area contributed by atoms with Crippen molar-refractivity contribution in [3.05, 3.63) is 32.7 Å². The van der Waals surface area contributed by atoms with Gasteiger partial charge in [-0.25, -0.2) is 0 Å². The molecule has 0 aliphatic heterocycles. The van der Waals surface area contributed by atoms with Crippen molar-refractivity contribution in [2.24, 2.45) is 0 Å². The maximum atomic E-state index is 2.25. The van der Waals surface area contributed by atoms with E-state index in [1.54, 1.807) is 0 Å². The number of rotatable bonds is 0. The Morgan fingerprint density at radius 1 is 0.600 bits per heavy atom. The first kappa shape index (κ1) is 10.7. The van der Waals surface area contributed by atoms with Crippen LogP contribution in [-0.2, 0) is 0 Å². The highest BCUT2D eigenvalue weighted by Gasteiger charge is 2.14. The van der Waals surface area contributed by atoms with Gasteiger partial charge in [0.05, 0.1) is 0 Å². The lowest BCUT2D eigenvalue weighted by Crippen LogP contribution is -1.92. The van der Waals surface area contributed by atoms with Crippen LogP contribution in [0, 0.1) is 41.5 Å². The normalized spacial score (nSPS) is 11.3. The average Bonchev–Trinajstić information content (AvgIpc) is 2.50. The van der Waals surface area contributed by atoms with Crippen LogP contribution in [0.2, 0.25) is 0 Å². The maximum absolute atomic E-state index is 2.25. The summed E-state index contributed by atoms with van der Waals surface area (Å²) in [6, 6.07) is 0. The third-order valence-corrected chi connectivity index (χ3v) is 5.12. The Kier molecular flexibility index (Phi) is 2.38. The first-order valence-electron chi connectivity index (χ1n) is 5.41. The van der Waals surface area contributed by atoms with Gasteiger partial charge < -0.3 is 0 Å². The van der Waals surface area contributed by atoms with Crippen LogP contribution in [-0.4, -0.2) is 0 Å². The molecule has 0 unspecified atom stereocenters. The van der Waals surface area contributed by atoms with Crippen molar-refractivity contribution in [3.63, 3.8) is 0 Å². The molecule has 0 spiro atoms. The molecule has 2 aromatic rings. The molecule has 1 heteroatoms. The summed E-state index contributed by atoms with van der Waals surface area (Å²) >= 11 is 1.94. The summed E-state index contributed by atoms with van der Waals surface area (Å²) < 4.78 is 1.49. The summed E-state index contributed by atoms with van der Waals surface area (Å²) in [6.07, 6.45) is 0. The van der Waals surface area contributed by atoms with Crippen molar-refractivity contribution in [2.45, 2.75) is 41.5 Å². The minimum atomic E-state index is 1.46. The number of aryl methyl sites for hydroxylation is 4. The summed E-state index contributed by atoms with van der Waals surface area (Å²) in [4.78, 5) is 1.46. The molecular formula is C14H18S. The van der Waals surface area contributed by atoms with Crippen molar-refractivity contribution in [3.8, 4) is 0 Å². The minimum Gasteiger partial charge on any atom is -0.140 e. The molecule has 1 aromatic carbocycles. The zero-order valence-corrected chi connectivity index (χ0v) is 11.2. The summed E-state index contributed by atoms with van der Waals surface area (Å²) in [5.41, 5.74) is 7.32. The molecule has 15 heavy (non-hydrogen) atoms. The number of hydrogen-bond donors (Lipinski definition) is 0. The van der Waals surface area contributed by atoms with Crippen LogP contribution in [0.4, 0.5) is 0 Å². The van der Waals surface area contributed by atoms with Gasteiger partial charge >= 0.3 is 0 Å². The molecule has 1 aromatic heterocycles. The standard InChI is InChI=1S/C14H18S/c1-7-8(2)10(4)14-13(9(7)3)11(5)12(6)15-14/h1-6H3. The fraction of sp³-hybridized carbons (Fsp3) is 0.429. The topological polar surface area (TPSA) is 0 Å². The lowest BCUT2D eigenvalue weighted by atomic mass is 9.94. The first-order valence-corrected chi connectivity index (χ1v) is 6.22. The van der Waals surface area contributed by atoms with E-state index in [-0.39, 0.29) is 0 Å². The summed E-state index contributed by atoms with van der Waals surface area (Å²) in [5, 5.41) is 1.50. The van der Waals surface area contributed by atoms with Crippen LogP contribution < -0.4 is 0 Å². The van der Waals surface area contributed by atoms with Crippen molar-refractivity contribution in [1.82, 2.24) is 0 Å². The summed E-state index contributed by atoms with van der Waals surface area (Å²) in [5.74, 6) is 0. The molecule has 0 nitrogen and oxygen atoms in total. The van der Waals surface area contributed by atoms with Gasteiger partial charge in [-0.15, -0.1) is 11.3 Å². The third-order valence-electron chi connectivity index (χ3n) is 3.79. The van der Waals surface area contributed by atoms with Crippen molar-refractivity contribution in [1.29, 1.82) is 0 Å². The molecule has 0 saturated carbocycles. The van der Waals surface area contributed by atoms with Crippen molar-refractivity contribution < 1.29 is 0 Å². The average molecular weight is 218 g/mol. The maximum Gasteiger partial charge on any atom is 0.0383 e. The highest BCUT2D eigenvalue weighted by molar-refractivity contribution is 7.19. The Morgan fingerprint density at radius 3 is 1.73 bits per heavy atom. The Labute approximate surface area is 95.9 Å². The number of benzene rings is 1. The van der Waals surface area contributed by atoms with Crippen LogP contribution in [0.1, 0.15) is 32.7 Å². The molecular weight excluding hydrogens is 200 g/mol. The van der Waals surface area contributed by atoms with E-state index in [1.165, 1.54) is 42.8 Å². The first-order chi connectivity index (χ1) is 6.95. The minimum absolute atomic E-state index is 1.46. The number of fused-ring (bicyclic) bond motifs is 1. The SMILES string of the molecule is Cc1sc2c(C)c(C)c(C)c(C)c2c1C. The fourth-order valence-corrected chi connectivity index (χ4v) is 3.54. The highest BCUT2D eigenvalue weighted by Crippen LogP contribution is 2.38. The predicted octanol–water partition coefficient (Wildman–Crippen LogP) is 4.75. The molecule has 0 amide bonds. The van der Waals surface area contributed by atoms with Crippen LogP contribution >= 0.6 is 11.3 Å². The molecule has 0 radical (unpaired) electrons. The molecule has 0 saturated heterocycles. The second-order valence-electron chi connectivity index (χ2n) is 4.49. The van der Waals surface area contributed by atoms with Gasteiger partial charge in [-0.3, -0.25) is 0 Å². The van der Waals surface area contributed by atoms with Crippen molar-refractivity contribution in [2.75, 3.05) is 0 Å². The van der Waals surface area contributed by atoms with Crippen LogP contribution in [0.15, 0.2) is 0 Å². The quantitative estimate of drug-likeness (QED) is 0.598. The summed E-state index contributed by atoms with van der Waals surface area (Å²) in [7, 11) is 0. The summed E-state index contributed by atoms with van der Waals surface area (Å²) in [6.45, 7) is 13.5. The van der Waals surface area contributed by atoms with E-state index >= 15 is 0 Å². The monoisotopic (exact) mass is 218 g/mol. The van der Waals surface area contributed by atoms with Gasteiger partial charge in [0.1, 0.15) is 0 Å². The zero-order chi connectivity index (χ0) is 11.3. The lowest BCUT2D eigenvalue weighted by molar-refractivity contribution is 1.25. The van der Waals surface area contributed by atoms with Gasteiger partial charge in [0, 0.05) is 9.58 Å². The molecule has 0 aliphatic carbocycles. The van der Waals surface area contributed by atoms with Gasteiger partial charge in [-0.2, -0.15) is 0 Å². The molecule has 0 N–H and O–H groups in total. The van der Waals surface area contributed by atoms with E-state index in [1.807, 2.05) is 11.3 Å². The molecule has 0 atom stereocenters.